The van der Waals surface area contributed by atoms with Crippen molar-refractivity contribution in [2.24, 2.45) is 4.99 Å². The number of hydrogen-bond acceptors (Lipinski definition) is 5. The number of guanidine groups is 1. The molecule has 146 valence electrons. The molecule has 8 heteroatoms. The Bertz CT molecular complexity index is 741. The first-order valence-corrected chi connectivity index (χ1v) is 9.42. The average Bonchev–Trinajstić information content (AvgIpc) is 2.94. The molecule has 0 spiro atoms. The minimum absolute atomic E-state index is 0.535. The lowest BCUT2D eigenvalue weighted by Crippen LogP contribution is -2.39. The van der Waals surface area contributed by atoms with E-state index in [1.54, 1.807) is 14.2 Å². The van der Waals surface area contributed by atoms with Gasteiger partial charge in [0.15, 0.2) is 11.8 Å². The molecule has 0 unspecified atom stereocenters. The number of aliphatic imine (C=N–C) groups is 1. The van der Waals surface area contributed by atoms with Crippen LogP contribution < -0.4 is 20.1 Å². The van der Waals surface area contributed by atoms with Crippen molar-refractivity contribution in [3.8, 4) is 11.5 Å². The number of nitrogens with one attached hydrogen (secondary N) is 2. The van der Waals surface area contributed by atoms with Crippen LogP contribution in [0.2, 0.25) is 0 Å². The van der Waals surface area contributed by atoms with E-state index in [0.29, 0.717) is 19.7 Å². The summed E-state index contributed by atoms with van der Waals surface area (Å²) in [6, 6.07) is 7.54. The standard InChI is InChI=1S/C19H28N6O2/c1-20-19(21-11-13-27-16-9-7-15(26-2)8-10-16)22-14-18-24-23-17-6-4-3-5-12-25(17)18/h7-10H,3-6,11-14H2,1-2H3,(H2,20,21,22). The molecule has 2 heterocycles. The largest absolute Gasteiger partial charge is 0.497 e. The number of ether oxygens (including phenoxy) is 2. The third-order valence-electron chi connectivity index (χ3n) is 4.55. The first kappa shape index (κ1) is 19.0. The first-order chi connectivity index (χ1) is 13.3. The van der Waals surface area contributed by atoms with Crippen LogP contribution in [0.25, 0.3) is 0 Å². The van der Waals surface area contributed by atoms with Crippen molar-refractivity contribution in [1.82, 2.24) is 25.4 Å². The quantitative estimate of drug-likeness (QED) is 0.438. The van der Waals surface area contributed by atoms with Gasteiger partial charge in [0.1, 0.15) is 23.9 Å². The van der Waals surface area contributed by atoms with Gasteiger partial charge in [0, 0.05) is 20.0 Å². The molecule has 1 aromatic carbocycles. The molecule has 2 aromatic rings. The van der Waals surface area contributed by atoms with Gasteiger partial charge in [-0.2, -0.15) is 0 Å². The third kappa shape index (κ3) is 5.35. The zero-order valence-corrected chi connectivity index (χ0v) is 16.1. The third-order valence-corrected chi connectivity index (χ3v) is 4.55. The molecule has 8 nitrogen and oxygen atoms in total. The maximum Gasteiger partial charge on any atom is 0.191 e. The number of aromatic nitrogens is 3. The highest BCUT2D eigenvalue weighted by atomic mass is 16.5. The topological polar surface area (TPSA) is 85.6 Å². The number of aryl methyl sites for hydroxylation is 1. The minimum Gasteiger partial charge on any atom is -0.497 e. The van der Waals surface area contributed by atoms with Gasteiger partial charge in [-0.15, -0.1) is 10.2 Å². The summed E-state index contributed by atoms with van der Waals surface area (Å²) in [5.74, 6) is 4.41. The zero-order chi connectivity index (χ0) is 18.9. The van der Waals surface area contributed by atoms with Gasteiger partial charge in [-0.05, 0) is 37.1 Å². The van der Waals surface area contributed by atoms with Crippen LogP contribution in [-0.2, 0) is 19.5 Å². The Labute approximate surface area is 160 Å². The van der Waals surface area contributed by atoms with E-state index in [2.05, 4.69) is 30.4 Å². The molecular formula is C19H28N6O2. The normalized spacial score (nSPS) is 14.2. The average molecular weight is 372 g/mol. The van der Waals surface area contributed by atoms with Crippen molar-refractivity contribution in [3.05, 3.63) is 35.9 Å². The fourth-order valence-electron chi connectivity index (χ4n) is 3.07. The summed E-state index contributed by atoms with van der Waals surface area (Å²) in [5, 5.41) is 15.2. The van der Waals surface area contributed by atoms with E-state index in [4.69, 9.17) is 9.47 Å². The van der Waals surface area contributed by atoms with Crippen LogP contribution in [0.1, 0.15) is 30.9 Å². The number of fused-ring (bicyclic) bond motifs is 1. The Kier molecular flexibility index (Phi) is 6.90. The lowest BCUT2D eigenvalue weighted by atomic mass is 10.2. The first-order valence-electron chi connectivity index (χ1n) is 9.42. The van der Waals surface area contributed by atoms with Crippen molar-refractivity contribution in [1.29, 1.82) is 0 Å². The number of methoxy groups -OCH3 is 1. The van der Waals surface area contributed by atoms with E-state index in [9.17, 15) is 0 Å². The summed E-state index contributed by atoms with van der Waals surface area (Å²) in [5.41, 5.74) is 0. The van der Waals surface area contributed by atoms with Crippen LogP contribution in [0.15, 0.2) is 29.3 Å². The summed E-state index contributed by atoms with van der Waals surface area (Å²) < 4.78 is 13.1. The molecule has 0 saturated carbocycles. The summed E-state index contributed by atoms with van der Waals surface area (Å²) in [4.78, 5) is 4.25. The number of nitrogens with zero attached hydrogens (tertiary/aromatic N) is 4. The maximum absolute atomic E-state index is 5.71. The van der Waals surface area contributed by atoms with Crippen molar-refractivity contribution in [2.45, 2.75) is 38.8 Å². The molecule has 3 rings (SSSR count). The van der Waals surface area contributed by atoms with Gasteiger partial charge < -0.3 is 24.7 Å². The molecule has 1 aliphatic rings. The van der Waals surface area contributed by atoms with Crippen LogP contribution >= 0.6 is 0 Å². The summed E-state index contributed by atoms with van der Waals surface area (Å²) in [7, 11) is 3.40. The van der Waals surface area contributed by atoms with Crippen LogP contribution in [0, 0.1) is 0 Å². The predicted molar refractivity (Wildman–Crippen MR) is 104 cm³/mol. The van der Waals surface area contributed by atoms with Gasteiger partial charge in [0.25, 0.3) is 0 Å². The molecule has 1 aromatic heterocycles. The highest BCUT2D eigenvalue weighted by molar-refractivity contribution is 5.79. The smallest absolute Gasteiger partial charge is 0.191 e. The number of rotatable bonds is 7. The molecule has 27 heavy (non-hydrogen) atoms. The molecule has 0 amide bonds. The second kappa shape index (κ2) is 9.80. The van der Waals surface area contributed by atoms with E-state index >= 15 is 0 Å². The van der Waals surface area contributed by atoms with Crippen molar-refractivity contribution >= 4 is 5.96 Å². The fourth-order valence-corrected chi connectivity index (χ4v) is 3.07. The van der Waals surface area contributed by atoms with E-state index in [0.717, 1.165) is 42.1 Å². The summed E-state index contributed by atoms with van der Waals surface area (Å²) in [6.07, 6.45) is 4.66. The van der Waals surface area contributed by atoms with Gasteiger partial charge in [-0.1, -0.05) is 6.42 Å². The van der Waals surface area contributed by atoms with Crippen LogP contribution in [0.3, 0.4) is 0 Å². The van der Waals surface area contributed by atoms with Crippen molar-refractivity contribution in [2.75, 3.05) is 27.3 Å². The van der Waals surface area contributed by atoms with E-state index in [-0.39, 0.29) is 0 Å². The molecule has 0 saturated heterocycles. The lowest BCUT2D eigenvalue weighted by molar-refractivity contribution is 0.321. The van der Waals surface area contributed by atoms with Crippen molar-refractivity contribution in [3.63, 3.8) is 0 Å². The fraction of sp³-hybridized carbons (Fsp3) is 0.526. The van der Waals surface area contributed by atoms with Gasteiger partial charge in [-0.25, -0.2) is 0 Å². The lowest BCUT2D eigenvalue weighted by Gasteiger charge is -2.13. The van der Waals surface area contributed by atoms with E-state index < -0.39 is 0 Å². The zero-order valence-electron chi connectivity index (χ0n) is 16.1. The van der Waals surface area contributed by atoms with E-state index in [1.807, 2.05) is 24.3 Å². The van der Waals surface area contributed by atoms with Gasteiger partial charge in [0.2, 0.25) is 0 Å². The van der Waals surface area contributed by atoms with Gasteiger partial charge >= 0.3 is 0 Å². The maximum atomic E-state index is 5.71. The Balaban J connectivity index is 1.41. The SMILES string of the molecule is CN=C(NCCOc1ccc(OC)cc1)NCc1nnc2n1CCCCC2. The van der Waals surface area contributed by atoms with Gasteiger partial charge in [0.05, 0.1) is 20.2 Å². The van der Waals surface area contributed by atoms with Crippen LogP contribution in [0.5, 0.6) is 11.5 Å². The molecular weight excluding hydrogens is 344 g/mol. The molecule has 0 fully saturated rings. The van der Waals surface area contributed by atoms with E-state index in [1.165, 1.54) is 19.3 Å². The monoisotopic (exact) mass is 372 g/mol. The molecule has 1 aliphatic heterocycles. The number of benzene rings is 1. The molecule has 2 N–H and O–H groups in total. The van der Waals surface area contributed by atoms with Gasteiger partial charge in [-0.3, -0.25) is 4.99 Å². The summed E-state index contributed by atoms with van der Waals surface area (Å²) >= 11 is 0. The van der Waals surface area contributed by atoms with Crippen LogP contribution in [-0.4, -0.2) is 48.0 Å². The number of hydrogen-bond donors (Lipinski definition) is 2. The second-order valence-electron chi connectivity index (χ2n) is 6.37. The Morgan fingerprint density at radius 1 is 1.11 bits per heavy atom. The summed E-state index contributed by atoms with van der Waals surface area (Å²) in [6.45, 7) is 2.78. The Morgan fingerprint density at radius 2 is 1.93 bits per heavy atom. The molecule has 0 bridgehead atoms. The molecule has 0 atom stereocenters. The highest BCUT2D eigenvalue weighted by Crippen LogP contribution is 2.16. The van der Waals surface area contributed by atoms with Crippen LogP contribution in [0.4, 0.5) is 0 Å². The molecule has 0 radical (unpaired) electrons. The van der Waals surface area contributed by atoms with Crippen molar-refractivity contribution < 1.29 is 9.47 Å². The highest BCUT2D eigenvalue weighted by Gasteiger charge is 2.14. The minimum atomic E-state index is 0.535. The predicted octanol–water partition coefficient (Wildman–Crippen LogP) is 1.76. The Morgan fingerprint density at radius 3 is 2.70 bits per heavy atom. The second-order valence-corrected chi connectivity index (χ2v) is 6.37. The Hall–Kier alpha value is -2.77. The molecule has 0 aliphatic carbocycles.